The van der Waals surface area contributed by atoms with Crippen LogP contribution in [0.4, 0.5) is 4.39 Å². The van der Waals surface area contributed by atoms with Crippen LogP contribution in [-0.4, -0.2) is 18.7 Å². The van der Waals surface area contributed by atoms with Crippen LogP contribution in [-0.2, 0) is 16.1 Å². The van der Waals surface area contributed by atoms with Crippen molar-refractivity contribution in [1.29, 1.82) is 0 Å². The van der Waals surface area contributed by atoms with Gasteiger partial charge in [0.05, 0.1) is 0 Å². The Kier molecular flexibility index (Phi) is 3.97. The smallest absolute Gasteiger partial charge is 0.293 e. The van der Waals surface area contributed by atoms with Crippen molar-refractivity contribution in [2.45, 2.75) is 38.1 Å². The van der Waals surface area contributed by atoms with E-state index in [2.05, 4.69) is 10.1 Å². The fourth-order valence-corrected chi connectivity index (χ4v) is 2.32. The highest BCUT2D eigenvalue weighted by Gasteiger charge is 2.32. The number of alkyl halides is 1. The fraction of sp³-hybridized carbons (Fsp3) is 0.500. The zero-order valence-electron chi connectivity index (χ0n) is 10.5. The Morgan fingerprint density at radius 2 is 2.22 bits per heavy atom. The monoisotopic (exact) mass is 251 g/mol. The Bertz CT molecular complexity index is 403. The molecule has 4 heteroatoms. The van der Waals surface area contributed by atoms with Gasteiger partial charge in [0.25, 0.3) is 6.47 Å². The lowest BCUT2D eigenvalue weighted by Gasteiger charge is -2.33. The summed E-state index contributed by atoms with van der Waals surface area (Å²) in [6, 6.07) is 7.80. The summed E-state index contributed by atoms with van der Waals surface area (Å²) in [5.41, 5.74) is 0.924. The van der Waals surface area contributed by atoms with E-state index >= 15 is 0 Å². The molecule has 1 N–H and O–H groups in total. The molecule has 0 bridgehead atoms. The van der Waals surface area contributed by atoms with Crippen LogP contribution >= 0.6 is 0 Å². The molecule has 1 aromatic rings. The molecular formula is C14H18FNO2. The maximum atomic E-state index is 14.0. The summed E-state index contributed by atoms with van der Waals surface area (Å²) in [5, 5.41) is 3.33. The van der Waals surface area contributed by atoms with Gasteiger partial charge in [-0.25, -0.2) is 4.39 Å². The number of hydrogen-bond donors (Lipinski definition) is 1. The Morgan fingerprint density at radius 3 is 2.83 bits per heavy atom. The van der Waals surface area contributed by atoms with Crippen LogP contribution in [0.15, 0.2) is 24.3 Å². The first-order valence-corrected chi connectivity index (χ1v) is 6.17. The van der Waals surface area contributed by atoms with Gasteiger partial charge < -0.3 is 10.1 Å². The lowest BCUT2D eigenvalue weighted by atomic mass is 9.87. The van der Waals surface area contributed by atoms with Crippen LogP contribution in [0.5, 0.6) is 0 Å². The number of ether oxygens (including phenoxy) is 1. The van der Waals surface area contributed by atoms with Crippen molar-refractivity contribution in [3.63, 3.8) is 0 Å². The first kappa shape index (κ1) is 13.0. The Balaban J connectivity index is 2.02. The second-order valence-corrected chi connectivity index (χ2v) is 5.02. The van der Waals surface area contributed by atoms with Crippen molar-refractivity contribution in [3.8, 4) is 0 Å². The molecule has 1 aliphatic heterocycles. The number of piperidine rings is 1. The molecule has 0 aliphatic carbocycles. The van der Waals surface area contributed by atoms with E-state index < -0.39 is 5.67 Å². The second-order valence-electron chi connectivity index (χ2n) is 5.02. The zero-order valence-corrected chi connectivity index (χ0v) is 10.5. The molecule has 1 aromatic carbocycles. The van der Waals surface area contributed by atoms with Crippen molar-refractivity contribution in [2.75, 3.05) is 6.54 Å². The third kappa shape index (κ3) is 3.29. The van der Waals surface area contributed by atoms with E-state index in [1.165, 1.54) is 0 Å². The van der Waals surface area contributed by atoms with Gasteiger partial charge in [-0.3, -0.25) is 4.79 Å². The minimum Gasteiger partial charge on any atom is -0.463 e. The third-order valence-electron chi connectivity index (χ3n) is 3.37. The maximum absolute atomic E-state index is 14.0. The summed E-state index contributed by atoms with van der Waals surface area (Å²) in [5.74, 6) is 0. The van der Waals surface area contributed by atoms with Gasteiger partial charge in [0.1, 0.15) is 12.3 Å². The zero-order chi connectivity index (χ0) is 13.0. The van der Waals surface area contributed by atoms with E-state index in [0.717, 1.165) is 11.1 Å². The topological polar surface area (TPSA) is 38.3 Å². The van der Waals surface area contributed by atoms with Crippen LogP contribution in [0.25, 0.3) is 0 Å². The van der Waals surface area contributed by atoms with Crippen LogP contribution in [0.1, 0.15) is 36.9 Å². The minimum atomic E-state index is -1.09. The van der Waals surface area contributed by atoms with E-state index in [0.29, 0.717) is 25.9 Å². The van der Waals surface area contributed by atoms with Gasteiger partial charge in [-0.2, -0.15) is 0 Å². The van der Waals surface area contributed by atoms with Gasteiger partial charge in [-0.05, 0) is 31.0 Å². The lowest BCUT2D eigenvalue weighted by Crippen LogP contribution is -2.38. The normalized spacial score (nSPS) is 27.8. The minimum absolute atomic E-state index is 0.0646. The molecule has 3 nitrogen and oxygen atoms in total. The highest BCUT2D eigenvalue weighted by molar-refractivity contribution is 5.37. The molecule has 0 spiro atoms. The number of halogens is 1. The molecule has 0 radical (unpaired) electrons. The average molecular weight is 251 g/mol. The Hall–Kier alpha value is -1.42. The van der Waals surface area contributed by atoms with Crippen molar-refractivity contribution in [3.05, 3.63) is 35.4 Å². The molecule has 0 amide bonds. The molecular weight excluding hydrogens is 233 g/mol. The summed E-state index contributed by atoms with van der Waals surface area (Å²) < 4.78 is 18.6. The van der Waals surface area contributed by atoms with Gasteiger partial charge in [-0.1, -0.05) is 24.3 Å². The third-order valence-corrected chi connectivity index (χ3v) is 3.37. The molecule has 2 atom stereocenters. The second kappa shape index (κ2) is 5.48. The number of benzene rings is 1. The SMILES string of the molecule is CC1(F)CCNC(c2ccc(COC=O)cc2)C1. The van der Waals surface area contributed by atoms with E-state index in [1.807, 2.05) is 24.3 Å². The summed E-state index contributed by atoms with van der Waals surface area (Å²) in [6.07, 6.45) is 1.06. The highest BCUT2D eigenvalue weighted by atomic mass is 19.1. The summed E-state index contributed by atoms with van der Waals surface area (Å²) in [7, 11) is 0. The fourth-order valence-electron chi connectivity index (χ4n) is 2.32. The molecule has 0 aromatic heterocycles. The molecule has 1 aliphatic rings. The summed E-state index contributed by atoms with van der Waals surface area (Å²) in [4.78, 5) is 10.1. The summed E-state index contributed by atoms with van der Waals surface area (Å²) >= 11 is 0. The molecule has 98 valence electrons. The summed E-state index contributed by atoms with van der Waals surface area (Å²) in [6.45, 7) is 3.08. The van der Waals surface area contributed by atoms with E-state index in [1.54, 1.807) is 6.92 Å². The predicted octanol–water partition coefficient (Wildman–Crippen LogP) is 2.51. The van der Waals surface area contributed by atoms with Gasteiger partial charge in [0, 0.05) is 12.5 Å². The lowest BCUT2D eigenvalue weighted by molar-refractivity contribution is -0.129. The van der Waals surface area contributed by atoms with E-state index in [9.17, 15) is 9.18 Å². The van der Waals surface area contributed by atoms with Crippen LogP contribution in [0, 0.1) is 0 Å². The number of carbonyl (C=O) groups is 1. The highest BCUT2D eigenvalue weighted by Crippen LogP contribution is 2.32. The predicted molar refractivity (Wildman–Crippen MR) is 66.8 cm³/mol. The van der Waals surface area contributed by atoms with Gasteiger partial charge in [0.15, 0.2) is 0 Å². The number of carbonyl (C=O) groups excluding carboxylic acids is 1. The Labute approximate surface area is 106 Å². The van der Waals surface area contributed by atoms with Gasteiger partial charge >= 0.3 is 0 Å². The van der Waals surface area contributed by atoms with Crippen LogP contribution in [0.2, 0.25) is 0 Å². The largest absolute Gasteiger partial charge is 0.463 e. The molecule has 2 rings (SSSR count). The van der Waals surface area contributed by atoms with Gasteiger partial charge in [-0.15, -0.1) is 0 Å². The quantitative estimate of drug-likeness (QED) is 0.836. The van der Waals surface area contributed by atoms with Crippen molar-refractivity contribution < 1.29 is 13.9 Å². The van der Waals surface area contributed by atoms with Gasteiger partial charge in [0.2, 0.25) is 0 Å². The number of nitrogens with one attached hydrogen (secondary N) is 1. The number of rotatable bonds is 4. The molecule has 1 saturated heterocycles. The first-order chi connectivity index (χ1) is 8.61. The molecule has 1 fully saturated rings. The molecule has 18 heavy (non-hydrogen) atoms. The Morgan fingerprint density at radius 1 is 1.50 bits per heavy atom. The standard InChI is InChI=1S/C14H18FNO2/c1-14(15)6-7-16-13(8-14)12-4-2-11(3-5-12)9-18-10-17/h2-5,10,13,16H,6-9H2,1H3. The van der Waals surface area contributed by atoms with Crippen molar-refractivity contribution in [2.24, 2.45) is 0 Å². The van der Waals surface area contributed by atoms with Crippen molar-refractivity contribution >= 4 is 6.47 Å². The maximum Gasteiger partial charge on any atom is 0.293 e. The van der Waals surface area contributed by atoms with E-state index in [-0.39, 0.29) is 12.6 Å². The first-order valence-electron chi connectivity index (χ1n) is 6.17. The van der Waals surface area contributed by atoms with E-state index in [4.69, 9.17) is 0 Å². The average Bonchev–Trinajstić information content (AvgIpc) is 2.36. The van der Waals surface area contributed by atoms with Crippen LogP contribution in [0.3, 0.4) is 0 Å². The number of hydrogen-bond acceptors (Lipinski definition) is 3. The molecule has 0 saturated carbocycles. The molecule has 1 heterocycles. The molecule has 2 unspecified atom stereocenters. The van der Waals surface area contributed by atoms with Crippen LogP contribution < -0.4 is 5.32 Å². The van der Waals surface area contributed by atoms with Crippen molar-refractivity contribution in [1.82, 2.24) is 5.32 Å².